The lowest BCUT2D eigenvalue weighted by Gasteiger charge is -2.21. The van der Waals surface area contributed by atoms with Gasteiger partial charge in [0.05, 0.1) is 13.7 Å². The van der Waals surface area contributed by atoms with E-state index in [1.165, 1.54) is 19.2 Å². The maximum Gasteiger partial charge on any atom is 0.406 e. The van der Waals surface area contributed by atoms with Gasteiger partial charge in [0.25, 0.3) is 5.91 Å². The Labute approximate surface area is 238 Å². The molecule has 0 spiro atoms. The van der Waals surface area contributed by atoms with Crippen LogP contribution in [0.4, 0.5) is 13.6 Å². The lowest BCUT2D eigenvalue weighted by atomic mass is 9.98. The zero-order chi connectivity index (χ0) is 29.3. The third kappa shape index (κ3) is 12.0. The fraction of sp³-hybridized carbons (Fsp3) is 0.500. The number of carbonyl (C=O) groups excluding carboxylic acids is 2. The van der Waals surface area contributed by atoms with Gasteiger partial charge in [-0.15, -0.1) is 0 Å². The summed E-state index contributed by atoms with van der Waals surface area (Å²) in [4.78, 5) is 24.5. The minimum atomic E-state index is -3.09. The number of carbonyl (C=O) groups is 2. The van der Waals surface area contributed by atoms with E-state index >= 15 is 0 Å². The molecule has 3 N–H and O–H groups in total. The molecule has 0 bridgehead atoms. The molecule has 0 heterocycles. The van der Waals surface area contributed by atoms with Crippen LogP contribution in [-0.2, 0) is 14.2 Å². The van der Waals surface area contributed by atoms with Crippen LogP contribution in [0.5, 0.6) is 5.75 Å². The number of alkyl carbamates (subject to hydrolysis) is 1. The second-order valence-corrected chi connectivity index (χ2v) is 9.37. The predicted octanol–water partition coefficient (Wildman–Crippen LogP) is 4.93. The highest BCUT2D eigenvalue weighted by Crippen LogP contribution is 2.32. The fourth-order valence-electron chi connectivity index (χ4n) is 4.01. The van der Waals surface area contributed by atoms with Gasteiger partial charge in [-0.3, -0.25) is 4.79 Å². The Balaban J connectivity index is 2.25. The molecule has 0 fully saturated rings. The molecule has 0 aliphatic carbocycles. The number of rotatable bonds is 18. The molecule has 0 radical (unpaired) electrons. The van der Waals surface area contributed by atoms with Gasteiger partial charge in [0.15, 0.2) is 0 Å². The standard InChI is InChI=1S/C28H38ClF2N3O6/c1-32-23(10-5-4-6-12-37-2)18-34-26(35)21-14-20(16-24(17-21)40-27(30)31)25(19-8-7-9-22(29)15-19)39-13-11-33-28(36)38-3/h7-9,14-17,23,25,27,32H,4-6,10-13,18H2,1-3H3,(H,33,36)(H,34,35). The van der Waals surface area contributed by atoms with E-state index in [1.54, 1.807) is 37.4 Å². The van der Waals surface area contributed by atoms with Crippen LogP contribution in [0.2, 0.25) is 5.02 Å². The van der Waals surface area contributed by atoms with Crippen molar-refractivity contribution in [1.82, 2.24) is 16.0 Å². The number of halogens is 3. The molecule has 0 aliphatic heterocycles. The van der Waals surface area contributed by atoms with Gasteiger partial charge in [0, 0.05) is 43.4 Å². The molecule has 0 saturated carbocycles. The summed E-state index contributed by atoms with van der Waals surface area (Å²) in [5.74, 6) is -0.637. The molecule has 0 saturated heterocycles. The van der Waals surface area contributed by atoms with Crippen molar-refractivity contribution >= 4 is 23.6 Å². The van der Waals surface area contributed by atoms with Crippen molar-refractivity contribution in [3.05, 3.63) is 64.2 Å². The first-order valence-electron chi connectivity index (χ1n) is 13.0. The minimum absolute atomic E-state index is 0.0383. The molecule has 2 rings (SSSR count). The zero-order valence-corrected chi connectivity index (χ0v) is 23.8. The molecule has 2 atom stereocenters. The van der Waals surface area contributed by atoms with Crippen molar-refractivity contribution in [2.75, 3.05) is 47.6 Å². The van der Waals surface area contributed by atoms with Crippen LogP contribution in [0.15, 0.2) is 42.5 Å². The Morgan fingerprint density at radius 1 is 0.975 bits per heavy atom. The zero-order valence-electron chi connectivity index (χ0n) is 23.0. The molecule has 0 aliphatic rings. The van der Waals surface area contributed by atoms with Crippen LogP contribution in [-0.4, -0.2) is 72.2 Å². The van der Waals surface area contributed by atoms with Crippen molar-refractivity contribution in [3.8, 4) is 5.75 Å². The first-order valence-corrected chi connectivity index (χ1v) is 13.4. The Bertz CT molecular complexity index is 1060. The SMILES string of the molecule is CNC(CCCCCOC)CNC(=O)c1cc(OC(F)F)cc(C(OCCNC(=O)OC)c2cccc(Cl)c2)c1. The highest BCUT2D eigenvalue weighted by molar-refractivity contribution is 6.30. The summed E-state index contributed by atoms with van der Waals surface area (Å²) >= 11 is 6.20. The van der Waals surface area contributed by atoms with Crippen LogP contribution in [0.1, 0.15) is 53.3 Å². The molecular formula is C28H38ClF2N3O6. The quantitative estimate of drug-likeness (QED) is 0.213. The number of nitrogens with one attached hydrogen (secondary N) is 3. The molecular weight excluding hydrogens is 548 g/mol. The third-order valence-corrected chi connectivity index (χ3v) is 6.27. The summed E-state index contributed by atoms with van der Waals surface area (Å²) in [6.07, 6.45) is 2.37. The second kappa shape index (κ2) is 18.4. The molecule has 12 heteroatoms. The third-order valence-electron chi connectivity index (χ3n) is 6.03. The molecule has 2 unspecified atom stereocenters. The average Bonchev–Trinajstić information content (AvgIpc) is 2.93. The summed E-state index contributed by atoms with van der Waals surface area (Å²) in [5.41, 5.74) is 1.15. The molecule has 2 aromatic carbocycles. The second-order valence-electron chi connectivity index (χ2n) is 8.93. The lowest BCUT2D eigenvalue weighted by molar-refractivity contribution is -0.0500. The summed E-state index contributed by atoms with van der Waals surface area (Å²) in [5, 5.41) is 9.03. The highest BCUT2D eigenvalue weighted by atomic mass is 35.5. The monoisotopic (exact) mass is 585 g/mol. The van der Waals surface area contributed by atoms with Crippen molar-refractivity contribution in [2.24, 2.45) is 0 Å². The van der Waals surface area contributed by atoms with Gasteiger partial charge >= 0.3 is 12.7 Å². The minimum Gasteiger partial charge on any atom is -0.453 e. The molecule has 2 aromatic rings. The Morgan fingerprint density at radius 2 is 1.77 bits per heavy atom. The Morgan fingerprint density at radius 3 is 2.45 bits per heavy atom. The molecule has 40 heavy (non-hydrogen) atoms. The summed E-state index contributed by atoms with van der Waals surface area (Å²) in [6.45, 7) is -1.85. The summed E-state index contributed by atoms with van der Waals surface area (Å²) in [6, 6.07) is 11.1. The Hall–Kier alpha value is -2.99. The maximum absolute atomic E-state index is 13.2. The van der Waals surface area contributed by atoms with Crippen molar-refractivity contribution in [3.63, 3.8) is 0 Å². The summed E-state index contributed by atoms with van der Waals surface area (Å²) < 4.78 is 46.7. The predicted molar refractivity (Wildman–Crippen MR) is 148 cm³/mol. The van der Waals surface area contributed by atoms with E-state index in [-0.39, 0.29) is 30.5 Å². The van der Waals surface area contributed by atoms with E-state index in [1.807, 2.05) is 7.05 Å². The number of likely N-dealkylation sites (N-methyl/N-ethyl adjacent to an activating group) is 1. The van der Waals surface area contributed by atoms with Gasteiger partial charge in [0.2, 0.25) is 0 Å². The van der Waals surface area contributed by atoms with Gasteiger partial charge in [-0.2, -0.15) is 8.78 Å². The van der Waals surface area contributed by atoms with E-state index < -0.39 is 24.7 Å². The van der Waals surface area contributed by atoms with Gasteiger partial charge in [0.1, 0.15) is 11.9 Å². The molecule has 222 valence electrons. The van der Waals surface area contributed by atoms with E-state index in [2.05, 4.69) is 25.4 Å². The number of unbranched alkanes of at least 4 members (excludes halogenated alkanes) is 2. The summed E-state index contributed by atoms with van der Waals surface area (Å²) in [7, 11) is 4.74. The van der Waals surface area contributed by atoms with E-state index in [9.17, 15) is 18.4 Å². The first kappa shape index (κ1) is 33.2. The number of amides is 2. The van der Waals surface area contributed by atoms with E-state index in [0.717, 1.165) is 25.7 Å². The maximum atomic E-state index is 13.2. The average molecular weight is 586 g/mol. The number of hydrogen-bond acceptors (Lipinski definition) is 7. The van der Waals surface area contributed by atoms with Crippen LogP contribution in [0.3, 0.4) is 0 Å². The number of ether oxygens (including phenoxy) is 4. The Kier molecular flexibility index (Phi) is 15.3. The van der Waals surface area contributed by atoms with Gasteiger partial charge in [-0.25, -0.2) is 4.79 Å². The van der Waals surface area contributed by atoms with Gasteiger partial charge in [-0.1, -0.05) is 36.6 Å². The van der Waals surface area contributed by atoms with Gasteiger partial charge in [-0.05, 0) is 61.3 Å². The molecule has 2 amide bonds. The van der Waals surface area contributed by atoms with Crippen molar-refractivity contribution < 1.29 is 37.3 Å². The largest absolute Gasteiger partial charge is 0.453 e. The van der Waals surface area contributed by atoms with Crippen LogP contribution < -0.4 is 20.7 Å². The van der Waals surface area contributed by atoms with Gasteiger partial charge < -0.3 is 34.9 Å². The van der Waals surface area contributed by atoms with Crippen LogP contribution >= 0.6 is 11.6 Å². The highest BCUT2D eigenvalue weighted by Gasteiger charge is 2.21. The van der Waals surface area contributed by atoms with Crippen molar-refractivity contribution in [2.45, 2.75) is 44.4 Å². The van der Waals surface area contributed by atoms with E-state index in [0.29, 0.717) is 29.3 Å². The lowest BCUT2D eigenvalue weighted by Crippen LogP contribution is -2.39. The first-order chi connectivity index (χ1) is 19.3. The smallest absolute Gasteiger partial charge is 0.406 e. The number of alkyl halides is 2. The number of methoxy groups -OCH3 is 2. The normalized spacial score (nSPS) is 12.6. The fourth-order valence-corrected chi connectivity index (χ4v) is 4.21. The number of hydrogen-bond donors (Lipinski definition) is 3. The number of benzene rings is 2. The van der Waals surface area contributed by atoms with Crippen LogP contribution in [0, 0.1) is 0 Å². The van der Waals surface area contributed by atoms with Crippen LogP contribution in [0.25, 0.3) is 0 Å². The topological polar surface area (TPSA) is 107 Å². The molecule has 9 nitrogen and oxygen atoms in total. The van der Waals surface area contributed by atoms with Crippen molar-refractivity contribution in [1.29, 1.82) is 0 Å². The van der Waals surface area contributed by atoms with E-state index in [4.69, 9.17) is 21.1 Å². The molecule has 0 aromatic heterocycles.